The molecule has 0 bridgehead atoms. The van der Waals surface area contributed by atoms with Crippen LogP contribution in [0.4, 0.5) is 0 Å². The van der Waals surface area contributed by atoms with E-state index in [-0.39, 0.29) is 47.2 Å². The number of ether oxygens (including phenoxy) is 1. The highest BCUT2D eigenvalue weighted by atomic mass is 16.5. The third kappa shape index (κ3) is 5.05. The van der Waals surface area contributed by atoms with E-state index in [0.717, 1.165) is 37.9 Å². The monoisotopic (exact) mass is 518 g/mol. The predicted molar refractivity (Wildman–Crippen MR) is 155 cm³/mol. The molecule has 0 heterocycles. The fourth-order valence-electron chi connectivity index (χ4n) is 8.93. The van der Waals surface area contributed by atoms with Gasteiger partial charge in [0.2, 0.25) is 0 Å². The molecule has 4 aliphatic carbocycles. The minimum atomic E-state index is -0.308. The van der Waals surface area contributed by atoms with E-state index in [0.29, 0.717) is 23.5 Å². The van der Waals surface area contributed by atoms with Gasteiger partial charge in [0.05, 0.1) is 5.76 Å². The third-order valence-electron chi connectivity index (χ3n) is 10.8. The lowest BCUT2D eigenvalue weighted by Crippen LogP contribution is -2.36. The van der Waals surface area contributed by atoms with Crippen LogP contribution in [0.3, 0.4) is 0 Å². The van der Waals surface area contributed by atoms with Crippen LogP contribution >= 0.6 is 0 Å². The third-order valence-corrected chi connectivity index (χ3v) is 10.8. The summed E-state index contributed by atoms with van der Waals surface area (Å²) < 4.78 is 6.34. The first-order chi connectivity index (χ1) is 17.9. The number of aliphatic hydroxyl groups excluding tert-OH is 1. The van der Waals surface area contributed by atoms with Crippen molar-refractivity contribution in [3.63, 3.8) is 0 Å². The Morgan fingerprint density at radius 1 is 1.11 bits per heavy atom. The SMILES string of the molecule is C=C(CC(C(=O)C1CC2C(C1CO)C2(C)C)C1CCCCC1)C1Cc2ccccc2C1C(=C)OC(C)(C)C. The molecule has 3 heteroatoms. The molecule has 0 aliphatic heterocycles. The summed E-state index contributed by atoms with van der Waals surface area (Å²) in [6.45, 7) is 20.1. The van der Waals surface area contributed by atoms with E-state index in [1.165, 1.54) is 36.0 Å². The zero-order valence-corrected chi connectivity index (χ0v) is 24.5. The number of benzene rings is 1. The Morgan fingerprint density at radius 2 is 1.79 bits per heavy atom. The van der Waals surface area contributed by atoms with E-state index in [2.05, 4.69) is 72.0 Å². The average Bonchev–Trinajstić information content (AvgIpc) is 3.22. The molecular formula is C35H50O3. The standard InChI is InChI=1S/C35H50O3/c1-21(26-18-24-15-11-12-16-25(24)31(26)22(2)38-34(3,4)5)17-27(23-13-9-8-10-14-23)33(37)28-19-30-32(29(28)20-36)35(30,6)7/h11-12,15-16,23,26-32,36H,1-2,8-10,13-14,17-20H2,3-7H3. The van der Waals surface area contributed by atoms with Gasteiger partial charge in [0.25, 0.3) is 0 Å². The van der Waals surface area contributed by atoms with Crippen molar-refractivity contribution in [1.29, 1.82) is 0 Å². The normalized spacial score (nSPS) is 32.8. The largest absolute Gasteiger partial charge is 0.492 e. The van der Waals surface area contributed by atoms with Crippen molar-refractivity contribution >= 4 is 5.78 Å². The van der Waals surface area contributed by atoms with E-state index >= 15 is 0 Å². The highest BCUT2D eigenvalue weighted by Crippen LogP contribution is 2.71. The van der Waals surface area contributed by atoms with Crippen LogP contribution in [0.2, 0.25) is 0 Å². The molecule has 0 spiro atoms. The number of Topliss-reactive ketones (excluding diaryl/α,β-unsaturated/α-hetero) is 1. The maximum Gasteiger partial charge on any atom is 0.140 e. The first kappa shape index (κ1) is 27.7. The molecule has 208 valence electrons. The fraction of sp³-hybridized carbons (Fsp3) is 0.686. The van der Waals surface area contributed by atoms with Crippen LogP contribution in [-0.2, 0) is 16.0 Å². The fourth-order valence-corrected chi connectivity index (χ4v) is 8.93. The van der Waals surface area contributed by atoms with Crippen LogP contribution < -0.4 is 0 Å². The van der Waals surface area contributed by atoms with Crippen molar-refractivity contribution in [2.75, 3.05) is 6.61 Å². The molecule has 3 nitrogen and oxygen atoms in total. The van der Waals surface area contributed by atoms with Crippen LogP contribution in [0, 0.1) is 46.8 Å². The van der Waals surface area contributed by atoms with Gasteiger partial charge in [0, 0.05) is 24.4 Å². The summed E-state index contributed by atoms with van der Waals surface area (Å²) in [5.41, 5.74) is 3.80. The molecule has 7 atom stereocenters. The molecule has 1 N–H and O–H groups in total. The lowest BCUT2D eigenvalue weighted by molar-refractivity contribution is -0.131. The molecule has 0 saturated heterocycles. The van der Waals surface area contributed by atoms with Gasteiger partial charge in [-0.15, -0.1) is 0 Å². The lowest BCUT2D eigenvalue weighted by Gasteiger charge is -2.36. The van der Waals surface area contributed by atoms with E-state index in [1.807, 2.05) is 0 Å². The Balaban J connectivity index is 1.39. The first-order valence-electron chi connectivity index (χ1n) is 15.2. The number of hydrogen-bond acceptors (Lipinski definition) is 3. The van der Waals surface area contributed by atoms with E-state index in [4.69, 9.17) is 4.74 Å². The molecule has 0 radical (unpaired) electrons. The lowest BCUT2D eigenvalue weighted by atomic mass is 9.68. The minimum Gasteiger partial charge on any atom is -0.492 e. The molecule has 5 rings (SSSR count). The Bertz CT molecular complexity index is 1070. The van der Waals surface area contributed by atoms with E-state index < -0.39 is 0 Å². The second kappa shape index (κ2) is 10.3. The summed E-state index contributed by atoms with van der Waals surface area (Å²) in [5, 5.41) is 10.4. The van der Waals surface area contributed by atoms with Crippen molar-refractivity contribution in [2.24, 2.45) is 46.8 Å². The van der Waals surface area contributed by atoms with E-state index in [1.54, 1.807) is 0 Å². The molecule has 4 aliphatic rings. The summed E-state index contributed by atoms with van der Waals surface area (Å²) in [4.78, 5) is 14.4. The number of rotatable bonds is 9. The highest BCUT2D eigenvalue weighted by Gasteiger charge is 2.67. The summed E-state index contributed by atoms with van der Waals surface area (Å²) in [6.07, 6.45) is 8.67. The van der Waals surface area contributed by atoms with Crippen LogP contribution in [0.25, 0.3) is 0 Å². The highest BCUT2D eigenvalue weighted by molar-refractivity contribution is 5.85. The topological polar surface area (TPSA) is 46.5 Å². The molecule has 0 aromatic heterocycles. The number of ketones is 1. The maximum atomic E-state index is 14.4. The second-order valence-corrected chi connectivity index (χ2v) is 14.6. The Hall–Kier alpha value is -1.87. The van der Waals surface area contributed by atoms with Crippen LogP contribution in [0.5, 0.6) is 0 Å². The van der Waals surface area contributed by atoms with Gasteiger partial charge in [0.15, 0.2) is 0 Å². The summed E-state index contributed by atoms with van der Waals surface area (Å²) >= 11 is 0. The van der Waals surface area contributed by atoms with Crippen LogP contribution in [-0.4, -0.2) is 23.1 Å². The number of aliphatic hydroxyl groups is 1. The van der Waals surface area contributed by atoms with Gasteiger partial charge in [-0.1, -0.05) is 76.1 Å². The molecule has 3 fully saturated rings. The number of allylic oxidation sites excluding steroid dienone is 2. The van der Waals surface area contributed by atoms with Gasteiger partial charge in [0.1, 0.15) is 11.4 Å². The molecule has 38 heavy (non-hydrogen) atoms. The Morgan fingerprint density at radius 3 is 2.45 bits per heavy atom. The number of carbonyl (C=O) groups is 1. The van der Waals surface area contributed by atoms with Gasteiger partial charge in [-0.3, -0.25) is 4.79 Å². The molecule has 7 unspecified atom stereocenters. The number of fused-ring (bicyclic) bond motifs is 2. The minimum absolute atomic E-state index is 0.0125. The molecular weight excluding hydrogens is 468 g/mol. The average molecular weight is 519 g/mol. The molecule has 1 aromatic rings. The molecule has 1 aromatic carbocycles. The van der Waals surface area contributed by atoms with Gasteiger partial charge in [-0.25, -0.2) is 0 Å². The number of hydrogen-bond donors (Lipinski definition) is 1. The quantitative estimate of drug-likeness (QED) is 0.267. The van der Waals surface area contributed by atoms with Crippen LogP contribution in [0.1, 0.15) is 96.6 Å². The summed E-state index contributed by atoms with van der Waals surface area (Å²) in [7, 11) is 0. The van der Waals surface area contributed by atoms with Gasteiger partial charge >= 0.3 is 0 Å². The summed E-state index contributed by atoms with van der Waals surface area (Å²) in [5.74, 6) is 3.21. The Kier molecular flexibility index (Phi) is 7.48. The number of carbonyl (C=O) groups excluding carboxylic acids is 1. The van der Waals surface area contributed by atoms with E-state index in [9.17, 15) is 9.90 Å². The zero-order chi connectivity index (χ0) is 27.4. The van der Waals surface area contributed by atoms with Gasteiger partial charge < -0.3 is 9.84 Å². The summed E-state index contributed by atoms with van der Waals surface area (Å²) in [6, 6.07) is 8.66. The van der Waals surface area contributed by atoms with Crippen LogP contribution in [0.15, 0.2) is 48.8 Å². The van der Waals surface area contributed by atoms with Crippen molar-refractivity contribution < 1.29 is 14.6 Å². The van der Waals surface area contributed by atoms with Crippen molar-refractivity contribution in [1.82, 2.24) is 0 Å². The van der Waals surface area contributed by atoms with Gasteiger partial charge in [-0.05, 0) is 99.0 Å². The van der Waals surface area contributed by atoms with Crippen molar-refractivity contribution in [3.8, 4) is 0 Å². The molecule has 0 amide bonds. The first-order valence-corrected chi connectivity index (χ1v) is 15.2. The Labute approximate surface area is 231 Å². The predicted octanol–water partition coefficient (Wildman–Crippen LogP) is 7.88. The van der Waals surface area contributed by atoms with Gasteiger partial charge in [-0.2, -0.15) is 0 Å². The smallest absolute Gasteiger partial charge is 0.140 e. The van der Waals surface area contributed by atoms with Crippen molar-refractivity contribution in [2.45, 2.75) is 97.5 Å². The molecule has 3 saturated carbocycles. The van der Waals surface area contributed by atoms with Crippen molar-refractivity contribution in [3.05, 3.63) is 59.9 Å². The maximum absolute atomic E-state index is 14.4. The zero-order valence-electron chi connectivity index (χ0n) is 24.5. The second-order valence-electron chi connectivity index (χ2n) is 14.6.